The van der Waals surface area contributed by atoms with Crippen molar-refractivity contribution in [3.63, 3.8) is 0 Å². The molecule has 1 aromatic carbocycles. The predicted molar refractivity (Wildman–Crippen MR) is 93.8 cm³/mol. The molecule has 1 fully saturated rings. The Labute approximate surface area is 146 Å². The van der Waals surface area contributed by atoms with Crippen molar-refractivity contribution in [1.82, 2.24) is 25.0 Å². The zero-order chi connectivity index (χ0) is 17.3. The van der Waals surface area contributed by atoms with E-state index in [0.717, 1.165) is 24.6 Å². The highest BCUT2D eigenvalue weighted by atomic mass is 35.5. The van der Waals surface area contributed by atoms with Gasteiger partial charge in [0.25, 0.3) is 5.91 Å². The van der Waals surface area contributed by atoms with Crippen molar-refractivity contribution in [2.24, 2.45) is 0 Å². The van der Waals surface area contributed by atoms with E-state index in [0.29, 0.717) is 11.6 Å². The normalized spacial score (nSPS) is 18.2. The third kappa shape index (κ3) is 3.16. The van der Waals surface area contributed by atoms with Crippen LogP contribution in [0.3, 0.4) is 0 Å². The number of aromatic nitrogens is 3. The third-order valence-corrected chi connectivity index (χ3v) is 4.50. The van der Waals surface area contributed by atoms with Gasteiger partial charge in [-0.15, -0.1) is 5.10 Å². The summed E-state index contributed by atoms with van der Waals surface area (Å²) < 4.78 is 1.69. The zero-order valence-corrected chi connectivity index (χ0v) is 14.9. The van der Waals surface area contributed by atoms with Crippen LogP contribution in [0.2, 0.25) is 5.02 Å². The Morgan fingerprint density at radius 2 is 2.12 bits per heavy atom. The van der Waals surface area contributed by atoms with Crippen LogP contribution in [0.25, 0.3) is 5.69 Å². The summed E-state index contributed by atoms with van der Waals surface area (Å²) in [6.45, 7) is 8.32. The Morgan fingerprint density at radius 1 is 1.38 bits per heavy atom. The van der Waals surface area contributed by atoms with Crippen molar-refractivity contribution >= 4 is 17.5 Å². The first-order valence-corrected chi connectivity index (χ1v) is 8.60. The lowest BCUT2D eigenvalue weighted by Crippen LogP contribution is -2.52. The van der Waals surface area contributed by atoms with Gasteiger partial charge in [0, 0.05) is 31.6 Å². The molecule has 0 saturated carbocycles. The molecule has 1 saturated heterocycles. The minimum absolute atomic E-state index is 0.121. The molecule has 7 heteroatoms. The Morgan fingerprint density at radius 3 is 2.79 bits per heavy atom. The largest absolute Gasteiger partial charge is 0.331 e. The van der Waals surface area contributed by atoms with Gasteiger partial charge in [-0.3, -0.25) is 4.79 Å². The lowest BCUT2D eigenvalue weighted by Gasteiger charge is -2.33. The quantitative estimate of drug-likeness (QED) is 0.926. The molecule has 3 rings (SSSR count). The molecular weight excluding hydrogens is 326 g/mol. The van der Waals surface area contributed by atoms with Crippen LogP contribution in [-0.4, -0.2) is 51.2 Å². The highest BCUT2D eigenvalue weighted by Gasteiger charge is 2.28. The molecular formula is C17H22ClN5O. The van der Waals surface area contributed by atoms with Crippen LogP contribution in [0.4, 0.5) is 0 Å². The smallest absolute Gasteiger partial charge is 0.293 e. The molecule has 1 aliphatic heterocycles. The second kappa shape index (κ2) is 6.91. The fourth-order valence-electron chi connectivity index (χ4n) is 2.86. The Balaban J connectivity index is 2.00. The number of halogens is 1. The van der Waals surface area contributed by atoms with Crippen LogP contribution >= 0.6 is 11.6 Å². The van der Waals surface area contributed by atoms with Crippen LogP contribution in [0.1, 0.15) is 43.1 Å². The highest BCUT2D eigenvalue weighted by Crippen LogP contribution is 2.24. The van der Waals surface area contributed by atoms with E-state index in [2.05, 4.69) is 15.4 Å². The van der Waals surface area contributed by atoms with Gasteiger partial charge in [0.15, 0.2) is 0 Å². The van der Waals surface area contributed by atoms with Crippen molar-refractivity contribution < 1.29 is 4.79 Å². The molecule has 1 aliphatic rings. The van der Waals surface area contributed by atoms with Crippen molar-refractivity contribution in [1.29, 1.82) is 0 Å². The number of carbonyl (C=O) groups excluding carboxylic acids is 1. The molecule has 2 heterocycles. The second-order valence-electron chi connectivity index (χ2n) is 6.36. The summed E-state index contributed by atoms with van der Waals surface area (Å²) in [7, 11) is 0. The molecule has 24 heavy (non-hydrogen) atoms. The maximum absolute atomic E-state index is 12.8. The number of carbonyl (C=O) groups is 1. The van der Waals surface area contributed by atoms with Crippen molar-refractivity contribution in [2.75, 3.05) is 19.6 Å². The summed E-state index contributed by atoms with van der Waals surface area (Å²) in [5.74, 6) is 0.953. The van der Waals surface area contributed by atoms with E-state index in [1.807, 2.05) is 49.9 Å². The van der Waals surface area contributed by atoms with E-state index in [9.17, 15) is 4.79 Å². The summed E-state index contributed by atoms with van der Waals surface area (Å²) in [5, 5.41) is 8.35. The molecule has 0 unspecified atom stereocenters. The minimum atomic E-state index is -0.128. The van der Waals surface area contributed by atoms with Gasteiger partial charge in [0.1, 0.15) is 5.82 Å². The van der Waals surface area contributed by atoms with Gasteiger partial charge in [-0.1, -0.05) is 37.6 Å². The van der Waals surface area contributed by atoms with Gasteiger partial charge in [0.05, 0.1) is 10.7 Å². The van der Waals surface area contributed by atoms with Crippen LogP contribution in [-0.2, 0) is 0 Å². The number of hydrogen-bond acceptors (Lipinski definition) is 4. The number of piperazine rings is 1. The number of amides is 1. The molecule has 0 aliphatic carbocycles. The monoisotopic (exact) mass is 347 g/mol. The van der Waals surface area contributed by atoms with Gasteiger partial charge in [0.2, 0.25) is 5.82 Å². The SMILES string of the molecule is CC(C)c1nc(C(=O)N2CCNC[C@@H]2C)nn1-c1ccccc1Cl. The Kier molecular flexibility index (Phi) is 4.87. The summed E-state index contributed by atoms with van der Waals surface area (Å²) in [6, 6.07) is 7.58. The maximum atomic E-state index is 12.8. The summed E-state index contributed by atoms with van der Waals surface area (Å²) in [6.07, 6.45) is 0. The Bertz CT molecular complexity index is 742. The molecule has 0 spiro atoms. The minimum Gasteiger partial charge on any atom is -0.331 e. The molecule has 0 radical (unpaired) electrons. The van der Waals surface area contributed by atoms with Crippen LogP contribution in [0.5, 0.6) is 0 Å². The molecule has 6 nitrogen and oxygen atoms in total. The van der Waals surface area contributed by atoms with Gasteiger partial charge in [-0.25, -0.2) is 9.67 Å². The molecule has 2 aromatic rings. The van der Waals surface area contributed by atoms with E-state index in [1.165, 1.54) is 0 Å². The van der Waals surface area contributed by atoms with Crippen LogP contribution in [0.15, 0.2) is 24.3 Å². The number of hydrogen-bond donors (Lipinski definition) is 1. The van der Waals surface area contributed by atoms with Gasteiger partial charge >= 0.3 is 0 Å². The topological polar surface area (TPSA) is 63.1 Å². The summed E-state index contributed by atoms with van der Waals surface area (Å²) >= 11 is 6.30. The van der Waals surface area contributed by atoms with Gasteiger partial charge in [-0.05, 0) is 19.1 Å². The summed E-state index contributed by atoms with van der Waals surface area (Å²) in [4.78, 5) is 19.2. The fraction of sp³-hybridized carbons (Fsp3) is 0.471. The van der Waals surface area contributed by atoms with Gasteiger partial charge in [-0.2, -0.15) is 0 Å². The number of nitrogens with zero attached hydrogens (tertiary/aromatic N) is 4. The standard InChI is InChI=1S/C17H22ClN5O/c1-11(2)16-20-15(17(24)22-9-8-19-10-12(22)3)21-23(16)14-7-5-4-6-13(14)18/h4-7,11-12,19H,8-10H2,1-3H3/t12-/m0/s1. The lowest BCUT2D eigenvalue weighted by molar-refractivity contribution is 0.0643. The van der Waals surface area contributed by atoms with Crippen LogP contribution < -0.4 is 5.32 Å². The first-order valence-electron chi connectivity index (χ1n) is 8.22. The molecule has 1 N–H and O–H groups in total. The first kappa shape index (κ1) is 16.9. The third-order valence-electron chi connectivity index (χ3n) is 4.18. The van der Waals surface area contributed by atoms with Crippen molar-refractivity contribution in [3.8, 4) is 5.69 Å². The van der Waals surface area contributed by atoms with E-state index >= 15 is 0 Å². The number of benzene rings is 1. The van der Waals surface area contributed by atoms with Crippen molar-refractivity contribution in [3.05, 3.63) is 40.9 Å². The molecule has 0 bridgehead atoms. The predicted octanol–water partition coefficient (Wildman–Crippen LogP) is 2.48. The van der Waals surface area contributed by atoms with E-state index in [4.69, 9.17) is 11.6 Å². The van der Waals surface area contributed by atoms with E-state index in [1.54, 1.807) is 4.68 Å². The fourth-order valence-corrected chi connectivity index (χ4v) is 3.08. The average molecular weight is 348 g/mol. The second-order valence-corrected chi connectivity index (χ2v) is 6.77. The first-order chi connectivity index (χ1) is 11.5. The number of nitrogens with one attached hydrogen (secondary N) is 1. The molecule has 128 valence electrons. The zero-order valence-electron chi connectivity index (χ0n) is 14.2. The molecule has 1 aromatic heterocycles. The number of para-hydroxylation sites is 1. The van der Waals surface area contributed by atoms with E-state index in [-0.39, 0.29) is 23.7 Å². The number of rotatable bonds is 3. The van der Waals surface area contributed by atoms with Crippen molar-refractivity contribution in [2.45, 2.75) is 32.7 Å². The highest BCUT2D eigenvalue weighted by molar-refractivity contribution is 6.32. The lowest BCUT2D eigenvalue weighted by atomic mass is 10.2. The van der Waals surface area contributed by atoms with E-state index < -0.39 is 0 Å². The maximum Gasteiger partial charge on any atom is 0.293 e. The Hall–Kier alpha value is -1.92. The molecule has 1 amide bonds. The van der Waals surface area contributed by atoms with Gasteiger partial charge < -0.3 is 10.2 Å². The summed E-state index contributed by atoms with van der Waals surface area (Å²) in [5.41, 5.74) is 0.739. The molecule has 1 atom stereocenters. The van der Waals surface area contributed by atoms with Crippen LogP contribution in [0, 0.1) is 0 Å². The average Bonchev–Trinajstić information content (AvgIpc) is 3.00.